The Labute approximate surface area is 161 Å². The van der Waals surface area contributed by atoms with E-state index in [1.807, 2.05) is 25.1 Å². The number of aromatic nitrogens is 3. The number of nitrogens with zero attached hydrogens (tertiary/aromatic N) is 4. The van der Waals surface area contributed by atoms with Gasteiger partial charge in [-0.2, -0.15) is 5.10 Å². The van der Waals surface area contributed by atoms with Crippen LogP contribution in [-0.2, 0) is 11.8 Å². The summed E-state index contributed by atoms with van der Waals surface area (Å²) in [6.45, 7) is 4.76. The molecule has 6 nitrogen and oxygen atoms in total. The predicted octanol–water partition coefficient (Wildman–Crippen LogP) is 3.24. The van der Waals surface area contributed by atoms with Crippen molar-refractivity contribution >= 4 is 33.2 Å². The van der Waals surface area contributed by atoms with Gasteiger partial charge in [0.2, 0.25) is 0 Å². The van der Waals surface area contributed by atoms with E-state index >= 15 is 0 Å². The summed E-state index contributed by atoms with van der Waals surface area (Å²) in [5, 5.41) is 5.38. The zero-order chi connectivity index (χ0) is 19.1. The van der Waals surface area contributed by atoms with Gasteiger partial charge in [-0.3, -0.25) is 14.3 Å². The molecule has 0 spiro atoms. The third-order valence-corrected chi connectivity index (χ3v) is 6.57. The fourth-order valence-corrected chi connectivity index (χ4v) is 4.88. The minimum Gasteiger partial charge on any atom is -0.336 e. The van der Waals surface area contributed by atoms with E-state index in [9.17, 15) is 9.59 Å². The standard InChI is InChI=1S/C20H22N4O2S/c1-12-17(13(2)23(3)22-12)18(25)20(26)24-10-8-14(9-11-24)19-21-15-6-4-5-7-16(15)27-19/h4-7,14H,8-11H2,1-3H3. The second-order valence-electron chi connectivity index (χ2n) is 7.08. The zero-order valence-corrected chi connectivity index (χ0v) is 16.5. The quantitative estimate of drug-likeness (QED) is 0.515. The molecule has 7 heteroatoms. The molecular formula is C20H22N4O2S. The first kappa shape index (κ1) is 17.9. The van der Waals surface area contributed by atoms with Crippen LogP contribution in [0.1, 0.15) is 45.5 Å². The molecule has 1 aliphatic heterocycles. The molecule has 0 bridgehead atoms. The van der Waals surface area contributed by atoms with Gasteiger partial charge in [0.25, 0.3) is 11.7 Å². The highest BCUT2D eigenvalue weighted by atomic mass is 32.1. The van der Waals surface area contributed by atoms with Crippen LogP contribution in [-0.4, -0.2) is 44.4 Å². The van der Waals surface area contributed by atoms with Crippen LogP contribution in [0.15, 0.2) is 24.3 Å². The van der Waals surface area contributed by atoms with E-state index in [1.54, 1.807) is 34.9 Å². The molecule has 1 amide bonds. The predicted molar refractivity (Wildman–Crippen MR) is 105 cm³/mol. The molecule has 0 radical (unpaired) electrons. The molecule has 4 rings (SSSR count). The van der Waals surface area contributed by atoms with Crippen molar-refractivity contribution in [1.82, 2.24) is 19.7 Å². The van der Waals surface area contributed by atoms with Gasteiger partial charge in [-0.05, 0) is 38.8 Å². The Morgan fingerprint density at radius 1 is 1.15 bits per heavy atom. The summed E-state index contributed by atoms with van der Waals surface area (Å²) in [5.74, 6) is -0.517. The van der Waals surface area contributed by atoms with Crippen molar-refractivity contribution in [3.05, 3.63) is 46.2 Å². The van der Waals surface area contributed by atoms with E-state index in [4.69, 9.17) is 4.98 Å². The first-order valence-electron chi connectivity index (χ1n) is 9.15. The molecule has 0 unspecified atom stereocenters. The van der Waals surface area contributed by atoms with Crippen molar-refractivity contribution in [3.8, 4) is 0 Å². The Morgan fingerprint density at radius 2 is 1.85 bits per heavy atom. The topological polar surface area (TPSA) is 68.1 Å². The number of Topliss-reactive ketones (excluding diaryl/α,β-unsaturated/α-hetero) is 1. The average molecular weight is 382 g/mol. The lowest BCUT2D eigenvalue weighted by Crippen LogP contribution is -2.42. The number of hydrogen-bond donors (Lipinski definition) is 0. The number of ketones is 1. The molecule has 1 saturated heterocycles. The van der Waals surface area contributed by atoms with Crippen LogP contribution in [0, 0.1) is 13.8 Å². The highest BCUT2D eigenvalue weighted by Crippen LogP contribution is 2.34. The number of fused-ring (bicyclic) bond motifs is 1. The van der Waals surface area contributed by atoms with E-state index in [2.05, 4.69) is 11.2 Å². The van der Waals surface area contributed by atoms with Crippen molar-refractivity contribution in [1.29, 1.82) is 0 Å². The summed E-state index contributed by atoms with van der Waals surface area (Å²) in [4.78, 5) is 31.9. The molecule has 1 aromatic carbocycles. The molecule has 3 heterocycles. The number of piperidine rings is 1. The Bertz CT molecular complexity index is 995. The molecular weight excluding hydrogens is 360 g/mol. The van der Waals surface area contributed by atoms with E-state index < -0.39 is 11.7 Å². The fourth-order valence-electron chi connectivity index (χ4n) is 3.75. The SMILES string of the molecule is Cc1nn(C)c(C)c1C(=O)C(=O)N1CCC(c2nc3ccccc3s2)CC1. The van der Waals surface area contributed by atoms with Gasteiger partial charge in [0.05, 0.1) is 26.5 Å². The second-order valence-corrected chi connectivity index (χ2v) is 8.15. The van der Waals surface area contributed by atoms with Gasteiger partial charge in [0, 0.05) is 31.7 Å². The fraction of sp³-hybridized carbons (Fsp3) is 0.400. The minimum atomic E-state index is -0.448. The number of carbonyl (C=O) groups is 2. The molecule has 0 saturated carbocycles. The van der Waals surface area contributed by atoms with Crippen LogP contribution in [0.25, 0.3) is 10.2 Å². The van der Waals surface area contributed by atoms with Gasteiger partial charge < -0.3 is 4.90 Å². The Hall–Kier alpha value is -2.54. The van der Waals surface area contributed by atoms with Gasteiger partial charge in [-0.25, -0.2) is 4.98 Å². The number of thiazole rings is 1. The maximum atomic E-state index is 12.7. The number of carbonyl (C=O) groups excluding carboxylic acids is 2. The summed E-state index contributed by atoms with van der Waals surface area (Å²) in [6.07, 6.45) is 1.67. The molecule has 1 aliphatic rings. The number of likely N-dealkylation sites (tertiary alicyclic amines) is 1. The Balaban J connectivity index is 1.45. The lowest BCUT2D eigenvalue weighted by molar-refractivity contribution is -0.127. The molecule has 27 heavy (non-hydrogen) atoms. The van der Waals surface area contributed by atoms with Crippen molar-refractivity contribution in [2.45, 2.75) is 32.6 Å². The van der Waals surface area contributed by atoms with Crippen molar-refractivity contribution in [2.75, 3.05) is 13.1 Å². The third-order valence-electron chi connectivity index (χ3n) is 5.37. The van der Waals surface area contributed by atoms with Crippen molar-refractivity contribution in [2.24, 2.45) is 7.05 Å². The first-order chi connectivity index (χ1) is 13.0. The summed E-state index contributed by atoms with van der Waals surface area (Å²) in [6, 6.07) is 8.15. The summed E-state index contributed by atoms with van der Waals surface area (Å²) in [7, 11) is 1.78. The Morgan fingerprint density at radius 3 is 2.48 bits per heavy atom. The van der Waals surface area contributed by atoms with Gasteiger partial charge in [0.1, 0.15) is 0 Å². The van der Waals surface area contributed by atoms with Crippen molar-refractivity contribution in [3.63, 3.8) is 0 Å². The van der Waals surface area contributed by atoms with Crippen LogP contribution in [0.5, 0.6) is 0 Å². The normalized spacial score (nSPS) is 15.4. The monoisotopic (exact) mass is 382 g/mol. The lowest BCUT2D eigenvalue weighted by atomic mass is 9.96. The number of rotatable bonds is 3. The van der Waals surface area contributed by atoms with E-state index in [-0.39, 0.29) is 0 Å². The molecule has 2 aromatic heterocycles. The smallest absolute Gasteiger partial charge is 0.295 e. The lowest BCUT2D eigenvalue weighted by Gasteiger charge is -2.30. The number of amides is 1. The number of para-hydroxylation sites is 1. The number of hydrogen-bond acceptors (Lipinski definition) is 5. The van der Waals surface area contributed by atoms with Crippen LogP contribution in [0.4, 0.5) is 0 Å². The molecule has 0 N–H and O–H groups in total. The second kappa shape index (κ2) is 6.88. The van der Waals surface area contributed by atoms with Crippen molar-refractivity contribution < 1.29 is 9.59 Å². The first-order valence-corrected chi connectivity index (χ1v) is 9.96. The summed E-state index contributed by atoms with van der Waals surface area (Å²) < 4.78 is 2.85. The third kappa shape index (κ3) is 3.16. The number of aryl methyl sites for hydroxylation is 2. The highest BCUT2D eigenvalue weighted by Gasteiger charge is 2.31. The molecule has 140 valence electrons. The molecule has 0 aliphatic carbocycles. The zero-order valence-electron chi connectivity index (χ0n) is 15.7. The largest absolute Gasteiger partial charge is 0.336 e. The Kier molecular flexibility index (Phi) is 4.55. The van der Waals surface area contributed by atoms with E-state index in [0.717, 1.165) is 29.1 Å². The van der Waals surface area contributed by atoms with Crippen LogP contribution >= 0.6 is 11.3 Å². The van der Waals surface area contributed by atoms with Gasteiger partial charge in [0.15, 0.2) is 0 Å². The molecule has 3 aromatic rings. The van der Waals surface area contributed by atoms with E-state index in [1.165, 1.54) is 4.70 Å². The maximum absolute atomic E-state index is 12.7. The summed E-state index contributed by atoms with van der Waals surface area (Å²) in [5.41, 5.74) is 2.82. The molecule has 0 atom stereocenters. The maximum Gasteiger partial charge on any atom is 0.295 e. The molecule has 1 fully saturated rings. The van der Waals surface area contributed by atoms with Gasteiger partial charge in [-0.1, -0.05) is 12.1 Å². The highest BCUT2D eigenvalue weighted by molar-refractivity contribution is 7.18. The van der Waals surface area contributed by atoms with Crippen LogP contribution in [0.2, 0.25) is 0 Å². The van der Waals surface area contributed by atoms with Crippen LogP contribution in [0.3, 0.4) is 0 Å². The van der Waals surface area contributed by atoms with E-state index in [0.29, 0.717) is 30.3 Å². The number of benzene rings is 1. The average Bonchev–Trinajstić information content (AvgIpc) is 3.21. The van der Waals surface area contributed by atoms with Gasteiger partial charge >= 0.3 is 0 Å². The summed E-state index contributed by atoms with van der Waals surface area (Å²) >= 11 is 1.73. The minimum absolute atomic E-state index is 0.350. The van der Waals surface area contributed by atoms with Gasteiger partial charge in [-0.15, -0.1) is 11.3 Å². The van der Waals surface area contributed by atoms with Crippen LogP contribution < -0.4 is 0 Å².